The summed E-state index contributed by atoms with van der Waals surface area (Å²) >= 11 is 0. The number of hydrogen-bond acceptors (Lipinski definition) is 5. The Bertz CT molecular complexity index is 431. The molecule has 0 saturated heterocycles. The summed E-state index contributed by atoms with van der Waals surface area (Å²) in [6.45, 7) is 5.78. The van der Waals surface area contributed by atoms with Crippen LogP contribution in [0.15, 0.2) is 6.07 Å². The van der Waals surface area contributed by atoms with Crippen molar-refractivity contribution in [3.05, 3.63) is 11.8 Å². The molecule has 0 bridgehead atoms. The van der Waals surface area contributed by atoms with Crippen LogP contribution in [0.3, 0.4) is 0 Å². The van der Waals surface area contributed by atoms with E-state index in [4.69, 9.17) is 5.84 Å². The van der Waals surface area contributed by atoms with Crippen LogP contribution in [0.4, 0.5) is 24.9 Å². The van der Waals surface area contributed by atoms with Crippen molar-refractivity contribution in [2.75, 3.05) is 10.7 Å². The van der Waals surface area contributed by atoms with Crippen molar-refractivity contribution in [3.63, 3.8) is 0 Å². The van der Waals surface area contributed by atoms with Gasteiger partial charge in [-0.1, -0.05) is 13.3 Å². The molecule has 0 aliphatic carbocycles. The topological polar surface area (TPSA) is 75.9 Å². The Morgan fingerprint density at radius 1 is 1.26 bits per heavy atom. The fourth-order valence-corrected chi connectivity index (χ4v) is 1.76. The van der Waals surface area contributed by atoms with Gasteiger partial charge in [0.15, 0.2) is 5.69 Å². The smallest absolute Gasteiger partial charge is 0.365 e. The molecule has 0 aliphatic heterocycles. The summed E-state index contributed by atoms with van der Waals surface area (Å²) in [5, 5.41) is 2.96. The number of rotatable bonds is 5. The monoisotopic (exact) mass is 277 g/mol. The quantitative estimate of drug-likeness (QED) is 0.570. The second kappa shape index (κ2) is 5.60. The van der Waals surface area contributed by atoms with Crippen molar-refractivity contribution in [2.45, 2.75) is 45.3 Å². The highest BCUT2D eigenvalue weighted by molar-refractivity contribution is 5.44. The first kappa shape index (κ1) is 15.5. The Morgan fingerprint density at radius 3 is 2.37 bits per heavy atom. The standard InChI is InChI=1S/C11H18F3N5/c1-4-5-10(2,3)18-8-6-7(11(12,13)14)16-9(17-8)19-15/h6H,4-5,15H2,1-3H3,(H2,16,17,18,19). The molecule has 1 rings (SSSR count). The summed E-state index contributed by atoms with van der Waals surface area (Å²) in [7, 11) is 0. The molecule has 0 spiro atoms. The second-order valence-electron chi connectivity index (χ2n) is 4.86. The van der Waals surface area contributed by atoms with Crippen LogP contribution in [-0.2, 0) is 6.18 Å². The molecule has 0 fully saturated rings. The Kier molecular flexibility index (Phi) is 4.56. The Labute approximate surface area is 109 Å². The molecule has 19 heavy (non-hydrogen) atoms. The summed E-state index contributed by atoms with van der Waals surface area (Å²) in [5.41, 5.74) is 0.635. The van der Waals surface area contributed by atoms with E-state index in [1.807, 2.05) is 26.2 Å². The number of hydrogen-bond donors (Lipinski definition) is 3. The molecular formula is C11H18F3N5. The molecule has 4 N–H and O–H groups in total. The molecule has 0 unspecified atom stereocenters. The van der Waals surface area contributed by atoms with Crippen molar-refractivity contribution in [1.29, 1.82) is 0 Å². The maximum atomic E-state index is 12.7. The van der Waals surface area contributed by atoms with Crippen molar-refractivity contribution in [2.24, 2.45) is 5.84 Å². The summed E-state index contributed by atoms with van der Waals surface area (Å²) in [5.74, 6) is 4.90. The lowest BCUT2D eigenvalue weighted by molar-refractivity contribution is -0.141. The molecule has 0 saturated carbocycles. The average molecular weight is 277 g/mol. The van der Waals surface area contributed by atoms with E-state index < -0.39 is 11.9 Å². The zero-order valence-electron chi connectivity index (χ0n) is 11.1. The van der Waals surface area contributed by atoms with Gasteiger partial charge in [-0.05, 0) is 20.3 Å². The molecule has 8 heteroatoms. The van der Waals surface area contributed by atoms with E-state index in [0.717, 1.165) is 18.9 Å². The molecule has 1 aromatic rings. The molecular weight excluding hydrogens is 259 g/mol. The Balaban J connectivity index is 3.07. The van der Waals surface area contributed by atoms with E-state index in [1.54, 1.807) is 0 Å². The van der Waals surface area contributed by atoms with Crippen LogP contribution < -0.4 is 16.6 Å². The number of aromatic nitrogens is 2. The number of halogens is 3. The molecule has 0 atom stereocenters. The maximum Gasteiger partial charge on any atom is 0.433 e. The molecule has 108 valence electrons. The Morgan fingerprint density at radius 2 is 1.89 bits per heavy atom. The van der Waals surface area contributed by atoms with Gasteiger partial charge in [0.2, 0.25) is 5.95 Å². The van der Waals surface area contributed by atoms with E-state index >= 15 is 0 Å². The average Bonchev–Trinajstić information content (AvgIpc) is 2.26. The van der Waals surface area contributed by atoms with Gasteiger partial charge < -0.3 is 5.32 Å². The Hall–Kier alpha value is -1.57. The van der Waals surface area contributed by atoms with E-state index in [2.05, 4.69) is 15.3 Å². The summed E-state index contributed by atoms with van der Waals surface area (Å²) in [4.78, 5) is 7.16. The van der Waals surface area contributed by atoms with Gasteiger partial charge in [-0.2, -0.15) is 18.2 Å². The summed E-state index contributed by atoms with van der Waals surface area (Å²) in [6, 6.07) is 0.873. The SMILES string of the molecule is CCCC(C)(C)Nc1cc(C(F)(F)F)nc(NN)n1. The van der Waals surface area contributed by atoms with Gasteiger partial charge >= 0.3 is 6.18 Å². The molecule has 0 aliphatic rings. The summed E-state index contributed by atoms with van der Waals surface area (Å²) < 4.78 is 38.0. The van der Waals surface area contributed by atoms with Crippen LogP contribution in [0.25, 0.3) is 0 Å². The van der Waals surface area contributed by atoms with Crippen molar-refractivity contribution in [3.8, 4) is 0 Å². The fourth-order valence-electron chi connectivity index (χ4n) is 1.76. The van der Waals surface area contributed by atoms with Crippen molar-refractivity contribution in [1.82, 2.24) is 9.97 Å². The molecule has 0 radical (unpaired) electrons. The van der Waals surface area contributed by atoms with Gasteiger partial charge in [0, 0.05) is 11.6 Å². The number of nitrogen functional groups attached to an aromatic ring is 1. The van der Waals surface area contributed by atoms with E-state index in [-0.39, 0.29) is 17.3 Å². The third-order valence-electron chi connectivity index (χ3n) is 2.49. The van der Waals surface area contributed by atoms with Gasteiger partial charge in [-0.3, -0.25) is 5.43 Å². The minimum atomic E-state index is -4.54. The minimum Gasteiger partial charge on any atom is -0.365 e. The van der Waals surface area contributed by atoms with Crippen LogP contribution in [0.5, 0.6) is 0 Å². The predicted octanol–water partition coefficient (Wildman–Crippen LogP) is 2.77. The van der Waals surface area contributed by atoms with Crippen molar-refractivity contribution < 1.29 is 13.2 Å². The third kappa shape index (κ3) is 4.55. The van der Waals surface area contributed by atoms with Gasteiger partial charge in [0.25, 0.3) is 0 Å². The molecule has 5 nitrogen and oxygen atoms in total. The summed E-state index contributed by atoms with van der Waals surface area (Å²) in [6.07, 6.45) is -2.84. The zero-order chi connectivity index (χ0) is 14.7. The van der Waals surface area contributed by atoms with Crippen LogP contribution in [-0.4, -0.2) is 15.5 Å². The number of nitrogens with one attached hydrogen (secondary N) is 2. The number of hydrazine groups is 1. The predicted molar refractivity (Wildman–Crippen MR) is 67.5 cm³/mol. The first-order chi connectivity index (χ1) is 8.68. The lowest BCUT2D eigenvalue weighted by atomic mass is 9.99. The van der Waals surface area contributed by atoms with Gasteiger partial charge in [0.1, 0.15) is 5.82 Å². The molecule has 0 aromatic carbocycles. The number of anilines is 2. The van der Waals surface area contributed by atoms with Gasteiger partial charge in [-0.25, -0.2) is 10.8 Å². The molecule has 1 heterocycles. The first-order valence-electron chi connectivity index (χ1n) is 5.89. The maximum absolute atomic E-state index is 12.7. The second-order valence-corrected chi connectivity index (χ2v) is 4.86. The number of nitrogens with two attached hydrogens (primary N) is 1. The van der Waals surface area contributed by atoms with Crippen LogP contribution in [0.1, 0.15) is 39.3 Å². The highest BCUT2D eigenvalue weighted by Gasteiger charge is 2.34. The highest BCUT2D eigenvalue weighted by Crippen LogP contribution is 2.30. The largest absolute Gasteiger partial charge is 0.433 e. The van der Waals surface area contributed by atoms with Crippen LogP contribution in [0.2, 0.25) is 0 Å². The van der Waals surface area contributed by atoms with Gasteiger partial charge in [-0.15, -0.1) is 0 Å². The van der Waals surface area contributed by atoms with Crippen LogP contribution in [0, 0.1) is 0 Å². The molecule has 1 aromatic heterocycles. The van der Waals surface area contributed by atoms with E-state index in [0.29, 0.717) is 0 Å². The zero-order valence-corrected chi connectivity index (χ0v) is 11.1. The molecule has 0 amide bonds. The van der Waals surface area contributed by atoms with E-state index in [1.165, 1.54) is 0 Å². The first-order valence-corrected chi connectivity index (χ1v) is 5.89. The number of nitrogens with zero attached hydrogens (tertiary/aromatic N) is 2. The van der Waals surface area contributed by atoms with Crippen molar-refractivity contribution >= 4 is 11.8 Å². The highest BCUT2D eigenvalue weighted by atomic mass is 19.4. The normalized spacial score (nSPS) is 12.4. The fraction of sp³-hybridized carbons (Fsp3) is 0.636. The van der Waals surface area contributed by atoms with Crippen LogP contribution >= 0.6 is 0 Å². The third-order valence-corrected chi connectivity index (χ3v) is 2.49. The van der Waals surface area contributed by atoms with E-state index in [9.17, 15) is 13.2 Å². The number of alkyl halides is 3. The lowest BCUT2D eigenvalue weighted by Gasteiger charge is -2.26. The van der Waals surface area contributed by atoms with Gasteiger partial charge in [0.05, 0.1) is 0 Å². The minimum absolute atomic E-state index is 0.0914. The lowest BCUT2D eigenvalue weighted by Crippen LogP contribution is -2.31.